The standard InChI is InChI=1S/C22H14N3.C14H14N.Ir/c1-23-12-13-24(14-23)19-10-5-11-20-21(19)17-8-4-7-16-15-6-2-3-9-18(15)25(20)22(16)17;1-10-4-6-13(7-5-10)14-8-11(2)12(3)9-15-14;/h2-9,11-13H,1H3;4-6,8-9H,1-3H3;/q2*-1;+3. The van der Waals surface area contributed by atoms with Gasteiger partial charge in [0.15, 0.2) is 0 Å². The predicted octanol–water partition coefficient (Wildman–Crippen LogP) is 7.52. The number of hydrogen-bond acceptors (Lipinski definition) is 1. The molecule has 0 saturated heterocycles. The van der Waals surface area contributed by atoms with Gasteiger partial charge in [-0.15, -0.1) is 41.5 Å². The molecule has 0 fully saturated rings. The first-order chi connectivity index (χ1) is 19.5. The summed E-state index contributed by atoms with van der Waals surface area (Å²) in [5, 5.41) is 5.09. The van der Waals surface area contributed by atoms with Gasteiger partial charge in [-0.3, -0.25) is 0 Å². The molecule has 4 heterocycles. The zero-order valence-corrected chi connectivity index (χ0v) is 25.8. The average Bonchev–Trinajstić information content (AvgIpc) is 3.66. The van der Waals surface area contributed by atoms with E-state index in [0.29, 0.717) is 0 Å². The van der Waals surface area contributed by atoms with Gasteiger partial charge in [-0.05, 0) is 31.2 Å². The van der Waals surface area contributed by atoms with Gasteiger partial charge in [0.05, 0.1) is 12.6 Å². The van der Waals surface area contributed by atoms with Crippen molar-refractivity contribution >= 4 is 38.1 Å². The fourth-order valence-electron chi connectivity index (χ4n) is 5.55. The second-order valence-electron chi connectivity index (χ2n) is 10.5. The third-order valence-electron chi connectivity index (χ3n) is 7.72. The van der Waals surface area contributed by atoms with Crippen LogP contribution in [0.3, 0.4) is 0 Å². The molecule has 0 unspecified atom stereocenters. The molecule has 5 heteroatoms. The summed E-state index contributed by atoms with van der Waals surface area (Å²) in [5.41, 5.74) is 10.6. The van der Waals surface area contributed by atoms with Crippen LogP contribution in [-0.2, 0) is 27.2 Å². The number of hydrogen-bond donors (Lipinski definition) is 0. The molecule has 4 aromatic carbocycles. The van der Waals surface area contributed by atoms with Gasteiger partial charge in [0.25, 0.3) is 0 Å². The van der Waals surface area contributed by atoms with Gasteiger partial charge >= 0.3 is 20.1 Å². The van der Waals surface area contributed by atoms with Crippen molar-refractivity contribution in [1.29, 1.82) is 0 Å². The summed E-state index contributed by atoms with van der Waals surface area (Å²) in [7, 11) is 1.98. The summed E-state index contributed by atoms with van der Waals surface area (Å²) in [6, 6.07) is 34.3. The SMILES string of the molecule is C[n+]1[c-]n(-c2[c-]ccc3c2c2cccc4c5ccccc5n3c42)cc1.Cc1c[c-]c(-c2cc(C)c(C)cn2)cc1.[Ir+3]. The molecule has 200 valence electrons. The van der Waals surface area contributed by atoms with Crippen molar-refractivity contribution in [2.24, 2.45) is 7.05 Å². The first-order valence-corrected chi connectivity index (χ1v) is 13.5. The molecule has 0 aliphatic carbocycles. The van der Waals surface area contributed by atoms with E-state index in [4.69, 9.17) is 0 Å². The Bertz CT molecular complexity index is 2150. The maximum absolute atomic E-state index is 4.41. The van der Waals surface area contributed by atoms with Crippen LogP contribution in [0.4, 0.5) is 0 Å². The Morgan fingerprint density at radius 3 is 2.37 bits per heavy atom. The van der Waals surface area contributed by atoms with Crippen molar-refractivity contribution < 1.29 is 24.7 Å². The number of imidazole rings is 1. The van der Waals surface area contributed by atoms with Crippen LogP contribution in [0, 0.1) is 39.2 Å². The molecule has 0 spiro atoms. The van der Waals surface area contributed by atoms with E-state index in [2.05, 4.69) is 115 Å². The Morgan fingerprint density at radius 1 is 0.805 bits per heavy atom. The van der Waals surface area contributed by atoms with Crippen LogP contribution in [-0.4, -0.2) is 14.0 Å². The van der Waals surface area contributed by atoms with E-state index in [0.717, 1.165) is 16.9 Å². The van der Waals surface area contributed by atoms with E-state index in [-0.39, 0.29) is 20.1 Å². The number of pyridine rings is 1. The Labute approximate surface area is 253 Å². The van der Waals surface area contributed by atoms with E-state index in [1.807, 2.05) is 46.9 Å². The fraction of sp³-hybridized carbons (Fsp3) is 0.111. The molecule has 0 N–H and O–H groups in total. The van der Waals surface area contributed by atoms with Gasteiger partial charge in [0.1, 0.15) is 0 Å². The minimum absolute atomic E-state index is 0. The number of aromatic nitrogens is 4. The van der Waals surface area contributed by atoms with Crippen molar-refractivity contribution in [3.05, 3.63) is 133 Å². The van der Waals surface area contributed by atoms with Crippen molar-refractivity contribution in [3.63, 3.8) is 0 Å². The zero-order chi connectivity index (χ0) is 27.4. The summed E-state index contributed by atoms with van der Waals surface area (Å²) in [6.45, 7) is 6.24. The molecule has 0 aliphatic heterocycles. The summed E-state index contributed by atoms with van der Waals surface area (Å²) in [6.07, 6.45) is 9.24. The normalized spacial score (nSPS) is 11.2. The Kier molecular flexibility index (Phi) is 6.94. The predicted molar refractivity (Wildman–Crippen MR) is 162 cm³/mol. The maximum Gasteiger partial charge on any atom is 3.00 e. The number of fused-ring (bicyclic) bond motifs is 6. The van der Waals surface area contributed by atoms with Gasteiger partial charge < -0.3 is 18.5 Å². The third kappa shape index (κ3) is 4.52. The molecule has 4 aromatic heterocycles. The minimum atomic E-state index is 0. The largest absolute Gasteiger partial charge is 3.00 e. The second kappa shape index (κ2) is 10.6. The summed E-state index contributed by atoms with van der Waals surface area (Å²) in [4.78, 5) is 4.41. The van der Waals surface area contributed by atoms with Crippen LogP contribution >= 0.6 is 0 Å². The van der Waals surface area contributed by atoms with Gasteiger partial charge in [-0.1, -0.05) is 76.9 Å². The second-order valence-corrected chi connectivity index (χ2v) is 10.5. The van der Waals surface area contributed by atoms with Crippen LogP contribution in [0.15, 0.2) is 97.5 Å². The van der Waals surface area contributed by atoms with E-state index in [9.17, 15) is 0 Å². The first kappa shape index (κ1) is 26.9. The molecule has 41 heavy (non-hydrogen) atoms. The molecule has 0 bridgehead atoms. The van der Waals surface area contributed by atoms with E-state index in [1.165, 1.54) is 54.8 Å². The topological polar surface area (TPSA) is 26.1 Å². The quantitative estimate of drug-likeness (QED) is 0.135. The summed E-state index contributed by atoms with van der Waals surface area (Å²) >= 11 is 0. The third-order valence-corrected chi connectivity index (χ3v) is 7.72. The molecule has 4 nitrogen and oxygen atoms in total. The molecule has 0 saturated carbocycles. The monoisotopic (exact) mass is 709 g/mol. The van der Waals surface area contributed by atoms with Crippen molar-refractivity contribution in [2.75, 3.05) is 0 Å². The van der Waals surface area contributed by atoms with Crippen LogP contribution < -0.4 is 4.57 Å². The molecule has 8 rings (SSSR count). The van der Waals surface area contributed by atoms with Gasteiger partial charge in [0, 0.05) is 34.9 Å². The molecule has 0 radical (unpaired) electrons. The molecular weight excluding hydrogens is 681 g/mol. The van der Waals surface area contributed by atoms with Crippen molar-refractivity contribution in [1.82, 2.24) is 14.0 Å². The van der Waals surface area contributed by atoms with Crippen LogP contribution in [0.1, 0.15) is 16.7 Å². The molecule has 8 aromatic rings. The Morgan fingerprint density at radius 2 is 1.61 bits per heavy atom. The Balaban J connectivity index is 0.000000164. The van der Waals surface area contributed by atoms with Crippen LogP contribution in [0.5, 0.6) is 0 Å². The Hall–Kier alpha value is -4.31. The number of aryl methyl sites for hydroxylation is 4. The molecule has 0 amide bonds. The number of para-hydroxylation sites is 2. The number of rotatable bonds is 2. The van der Waals surface area contributed by atoms with Crippen LogP contribution in [0.25, 0.3) is 55.0 Å². The van der Waals surface area contributed by atoms with Crippen LogP contribution in [0.2, 0.25) is 0 Å². The van der Waals surface area contributed by atoms with Gasteiger partial charge in [0.2, 0.25) is 6.33 Å². The van der Waals surface area contributed by atoms with Crippen molar-refractivity contribution in [2.45, 2.75) is 20.8 Å². The smallest absolute Gasteiger partial charge is 0.348 e. The van der Waals surface area contributed by atoms with Gasteiger partial charge in [-0.2, -0.15) is 12.1 Å². The zero-order valence-electron chi connectivity index (χ0n) is 23.4. The molecule has 0 atom stereocenters. The number of nitrogens with zero attached hydrogens (tertiary/aromatic N) is 4. The van der Waals surface area contributed by atoms with Crippen molar-refractivity contribution in [3.8, 4) is 16.9 Å². The fourth-order valence-corrected chi connectivity index (χ4v) is 5.55. The van der Waals surface area contributed by atoms with E-state index in [1.54, 1.807) is 0 Å². The van der Waals surface area contributed by atoms with Gasteiger partial charge in [-0.25, -0.2) is 0 Å². The first-order valence-electron chi connectivity index (χ1n) is 13.5. The van der Waals surface area contributed by atoms with E-state index < -0.39 is 0 Å². The molecular formula is C36H28IrN4+. The number of benzene rings is 4. The molecule has 0 aliphatic rings. The minimum Gasteiger partial charge on any atom is -0.348 e. The van der Waals surface area contributed by atoms with E-state index >= 15 is 0 Å². The summed E-state index contributed by atoms with van der Waals surface area (Å²) < 4.78 is 6.33. The summed E-state index contributed by atoms with van der Waals surface area (Å²) in [5.74, 6) is 0. The maximum atomic E-state index is 4.41. The average molecular weight is 709 g/mol.